The molecule has 0 saturated carbocycles. The molecule has 24 heavy (non-hydrogen) atoms. The van der Waals surface area contributed by atoms with E-state index in [2.05, 4.69) is 11.8 Å². The van der Waals surface area contributed by atoms with Crippen LogP contribution in [0.1, 0.15) is 42.1 Å². The zero-order valence-electron chi connectivity index (χ0n) is 14.2. The van der Waals surface area contributed by atoms with Crippen LogP contribution in [0.4, 0.5) is 4.39 Å². The van der Waals surface area contributed by atoms with Gasteiger partial charge in [0.1, 0.15) is 5.82 Å². The highest BCUT2D eigenvalue weighted by atomic mass is 19.1. The summed E-state index contributed by atoms with van der Waals surface area (Å²) in [5.74, 6) is -1.04. The standard InChI is InChI=1S/C18H24FN3O2/c1-3-4-5-14(10-22-11-15(23)12-22)21(2)18(24)16-7-6-13(9-20)8-17(16)19/h6-8,14-15,23H,3-5,10-12H2,1-2H3/t14-/m0/s1. The number of nitriles is 1. The molecule has 1 amide bonds. The van der Waals surface area contributed by atoms with Crippen molar-refractivity contribution in [1.29, 1.82) is 5.26 Å². The van der Waals surface area contributed by atoms with E-state index in [1.54, 1.807) is 11.9 Å². The van der Waals surface area contributed by atoms with Crippen LogP contribution in [0.25, 0.3) is 0 Å². The van der Waals surface area contributed by atoms with E-state index in [0.29, 0.717) is 19.6 Å². The highest BCUT2D eigenvalue weighted by Crippen LogP contribution is 2.18. The van der Waals surface area contributed by atoms with Crippen molar-refractivity contribution < 1.29 is 14.3 Å². The maximum Gasteiger partial charge on any atom is 0.256 e. The van der Waals surface area contributed by atoms with Crippen LogP contribution in [-0.2, 0) is 0 Å². The van der Waals surface area contributed by atoms with E-state index in [4.69, 9.17) is 5.26 Å². The molecule has 1 N–H and O–H groups in total. The first-order valence-electron chi connectivity index (χ1n) is 8.33. The molecule has 1 aliphatic rings. The molecule has 1 heterocycles. The van der Waals surface area contributed by atoms with Crippen LogP contribution in [0.5, 0.6) is 0 Å². The highest BCUT2D eigenvalue weighted by molar-refractivity contribution is 5.94. The molecular formula is C18H24FN3O2. The maximum absolute atomic E-state index is 14.1. The minimum atomic E-state index is -0.667. The van der Waals surface area contributed by atoms with Gasteiger partial charge in [-0.2, -0.15) is 5.26 Å². The molecule has 0 aromatic heterocycles. The van der Waals surface area contributed by atoms with E-state index in [0.717, 1.165) is 25.3 Å². The van der Waals surface area contributed by atoms with E-state index < -0.39 is 5.82 Å². The number of halogens is 1. The number of rotatable bonds is 7. The van der Waals surface area contributed by atoms with Crippen molar-refractivity contribution in [3.05, 3.63) is 35.1 Å². The van der Waals surface area contributed by atoms with Crippen molar-refractivity contribution in [3.63, 3.8) is 0 Å². The van der Waals surface area contributed by atoms with Gasteiger partial charge in [0, 0.05) is 32.7 Å². The van der Waals surface area contributed by atoms with Crippen LogP contribution in [0.2, 0.25) is 0 Å². The third-order valence-electron chi connectivity index (χ3n) is 4.49. The first-order chi connectivity index (χ1) is 11.5. The lowest BCUT2D eigenvalue weighted by Crippen LogP contribution is -2.55. The first kappa shape index (κ1) is 18.4. The number of carbonyl (C=O) groups excluding carboxylic acids is 1. The van der Waals surface area contributed by atoms with Crippen LogP contribution >= 0.6 is 0 Å². The summed E-state index contributed by atoms with van der Waals surface area (Å²) in [5.41, 5.74) is 0.186. The van der Waals surface area contributed by atoms with Crippen LogP contribution < -0.4 is 0 Å². The van der Waals surface area contributed by atoms with Gasteiger partial charge in [-0.25, -0.2) is 4.39 Å². The lowest BCUT2D eigenvalue weighted by atomic mass is 10.0. The van der Waals surface area contributed by atoms with Gasteiger partial charge >= 0.3 is 0 Å². The number of likely N-dealkylation sites (tertiary alicyclic amines) is 1. The molecule has 1 aromatic rings. The number of unbranched alkanes of at least 4 members (excludes halogenated alkanes) is 1. The molecule has 1 saturated heterocycles. The maximum atomic E-state index is 14.1. The van der Waals surface area contributed by atoms with Gasteiger partial charge in [0.05, 0.1) is 23.3 Å². The molecule has 0 spiro atoms. The zero-order valence-corrected chi connectivity index (χ0v) is 14.2. The number of hydrogen-bond donors (Lipinski definition) is 1. The second-order valence-corrected chi connectivity index (χ2v) is 6.39. The summed E-state index contributed by atoms with van der Waals surface area (Å²) in [7, 11) is 1.69. The topological polar surface area (TPSA) is 67.6 Å². The molecule has 1 aromatic carbocycles. The van der Waals surface area contributed by atoms with Gasteiger partial charge < -0.3 is 10.0 Å². The second-order valence-electron chi connectivity index (χ2n) is 6.39. The Labute approximate surface area is 142 Å². The Morgan fingerprint density at radius 1 is 1.54 bits per heavy atom. The van der Waals surface area contributed by atoms with Gasteiger partial charge in [-0.3, -0.25) is 9.69 Å². The third kappa shape index (κ3) is 4.31. The number of hydrogen-bond acceptors (Lipinski definition) is 4. The van der Waals surface area contributed by atoms with Gasteiger partial charge in [0.2, 0.25) is 0 Å². The molecule has 1 fully saturated rings. The number of aliphatic hydroxyl groups is 1. The van der Waals surface area contributed by atoms with Gasteiger partial charge in [-0.05, 0) is 24.6 Å². The van der Waals surface area contributed by atoms with Crippen molar-refractivity contribution >= 4 is 5.91 Å². The Hall–Kier alpha value is -1.97. The molecule has 0 unspecified atom stereocenters. The molecule has 0 bridgehead atoms. The van der Waals surface area contributed by atoms with E-state index in [1.807, 2.05) is 6.07 Å². The minimum absolute atomic E-state index is 0.0124. The average molecular weight is 333 g/mol. The van der Waals surface area contributed by atoms with Crippen LogP contribution in [-0.4, -0.2) is 59.6 Å². The Balaban J connectivity index is 2.10. The largest absolute Gasteiger partial charge is 0.390 e. The molecule has 6 heteroatoms. The first-order valence-corrected chi connectivity index (χ1v) is 8.33. The van der Waals surface area contributed by atoms with E-state index in [1.165, 1.54) is 12.1 Å². The summed E-state index contributed by atoms with van der Waals surface area (Å²) < 4.78 is 14.1. The molecule has 0 radical (unpaired) electrons. The molecule has 5 nitrogen and oxygen atoms in total. The van der Waals surface area contributed by atoms with Crippen molar-refractivity contribution in [2.24, 2.45) is 0 Å². The fourth-order valence-electron chi connectivity index (χ4n) is 2.95. The second kappa shape index (κ2) is 8.22. The van der Waals surface area contributed by atoms with Crippen LogP contribution in [0, 0.1) is 17.1 Å². The molecule has 1 aliphatic heterocycles. The molecule has 130 valence electrons. The summed E-state index contributed by atoms with van der Waals surface area (Å²) in [6, 6.07) is 5.75. The summed E-state index contributed by atoms with van der Waals surface area (Å²) in [6.07, 6.45) is 2.55. The third-order valence-corrected chi connectivity index (χ3v) is 4.49. The van der Waals surface area contributed by atoms with E-state index in [9.17, 15) is 14.3 Å². The number of amides is 1. The van der Waals surface area contributed by atoms with Gasteiger partial charge in [0.15, 0.2) is 0 Å². The number of aliphatic hydroxyl groups excluding tert-OH is 1. The van der Waals surface area contributed by atoms with Gasteiger partial charge in [0.25, 0.3) is 5.91 Å². The summed E-state index contributed by atoms with van der Waals surface area (Å²) >= 11 is 0. The number of benzene rings is 1. The number of nitrogens with zero attached hydrogens (tertiary/aromatic N) is 3. The Morgan fingerprint density at radius 2 is 2.25 bits per heavy atom. The zero-order chi connectivity index (χ0) is 17.7. The predicted molar refractivity (Wildman–Crippen MR) is 89.0 cm³/mol. The summed E-state index contributed by atoms with van der Waals surface area (Å²) in [4.78, 5) is 16.3. The lowest BCUT2D eigenvalue weighted by Gasteiger charge is -2.40. The minimum Gasteiger partial charge on any atom is -0.390 e. The fraction of sp³-hybridized carbons (Fsp3) is 0.556. The Kier molecular flexibility index (Phi) is 6.29. The van der Waals surface area contributed by atoms with Crippen LogP contribution in [0.3, 0.4) is 0 Å². The smallest absolute Gasteiger partial charge is 0.256 e. The quantitative estimate of drug-likeness (QED) is 0.829. The number of carbonyl (C=O) groups is 1. The Morgan fingerprint density at radius 3 is 2.79 bits per heavy atom. The summed E-state index contributed by atoms with van der Waals surface area (Å²) in [6.45, 7) is 4.01. The summed E-state index contributed by atoms with van der Waals surface area (Å²) in [5, 5.41) is 18.2. The molecule has 1 atom stereocenters. The van der Waals surface area contributed by atoms with E-state index in [-0.39, 0.29) is 29.2 Å². The monoisotopic (exact) mass is 333 g/mol. The van der Waals surface area contributed by atoms with Crippen molar-refractivity contribution in [1.82, 2.24) is 9.80 Å². The average Bonchev–Trinajstić information content (AvgIpc) is 2.55. The Bertz CT molecular complexity index is 623. The number of β-amino-alcohol motifs (C(OH)–C–C–N with tert-alkyl or cyclic N) is 1. The van der Waals surface area contributed by atoms with Crippen molar-refractivity contribution in [2.45, 2.75) is 38.3 Å². The van der Waals surface area contributed by atoms with E-state index >= 15 is 0 Å². The van der Waals surface area contributed by atoms with Gasteiger partial charge in [-0.15, -0.1) is 0 Å². The normalized spacial score (nSPS) is 16.3. The van der Waals surface area contributed by atoms with Crippen molar-refractivity contribution in [3.8, 4) is 6.07 Å². The van der Waals surface area contributed by atoms with Crippen molar-refractivity contribution in [2.75, 3.05) is 26.7 Å². The van der Waals surface area contributed by atoms with Gasteiger partial charge in [-0.1, -0.05) is 19.8 Å². The van der Waals surface area contributed by atoms with Crippen LogP contribution in [0.15, 0.2) is 18.2 Å². The number of likely N-dealkylation sites (N-methyl/N-ethyl adjacent to an activating group) is 1. The highest BCUT2D eigenvalue weighted by Gasteiger charge is 2.30. The predicted octanol–water partition coefficient (Wildman–Crippen LogP) is 2.00. The molecule has 0 aliphatic carbocycles. The molecule has 2 rings (SSSR count). The lowest BCUT2D eigenvalue weighted by molar-refractivity contribution is -0.0114. The molecular weight excluding hydrogens is 309 g/mol. The fourth-order valence-corrected chi connectivity index (χ4v) is 2.95. The SMILES string of the molecule is CCCC[C@@H](CN1CC(O)C1)N(C)C(=O)c1ccc(C#N)cc1F.